The molecule has 0 bridgehead atoms. The molecule has 48 valence electrons. The quantitative estimate of drug-likeness (QED) is 0.562. The minimum Gasteiger partial charge on any atom is -0.428 e. The SMILES string of the molecule is c1nnc(C2CNC2)o1. The molecule has 1 fully saturated rings. The van der Waals surface area contributed by atoms with E-state index < -0.39 is 0 Å². The van der Waals surface area contributed by atoms with E-state index in [0.717, 1.165) is 19.0 Å². The van der Waals surface area contributed by atoms with Crippen molar-refractivity contribution in [2.45, 2.75) is 5.92 Å². The van der Waals surface area contributed by atoms with Gasteiger partial charge in [0.1, 0.15) is 0 Å². The molecule has 1 aromatic heterocycles. The molecule has 1 aliphatic heterocycles. The van der Waals surface area contributed by atoms with Crippen LogP contribution >= 0.6 is 0 Å². The maximum atomic E-state index is 4.98. The lowest BCUT2D eigenvalue weighted by atomic mass is 10.0. The number of hydrogen-bond donors (Lipinski definition) is 1. The summed E-state index contributed by atoms with van der Waals surface area (Å²) in [6.07, 6.45) is 1.37. The van der Waals surface area contributed by atoms with Gasteiger partial charge < -0.3 is 9.73 Å². The van der Waals surface area contributed by atoms with Gasteiger partial charge in [0, 0.05) is 13.1 Å². The van der Waals surface area contributed by atoms with Crippen LogP contribution in [0, 0.1) is 0 Å². The van der Waals surface area contributed by atoms with Gasteiger partial charge >= 0.3 is 0 Å². The summed E-state index contributed by atoms with van der Waals surface area (Å²) in [6, 6.07) is 0. The zero-order chi connectivity index (χ0) is 6.10. The molecule has 0 saturated carbocycles. The molecule has 9 heavy (non-hydrogen) atoms. The van der Waals surface area contributed by atoms with E-state index in [4.69, 9.17) is 4.42 Å². The lowest BCUT2D eigenvalue weighted by Gasteiger charge is -2.22. The fraction of sp³-hybridized carbons (Fsp3) is 0.600. The Kier molecular flexibility index (Phi) is 0.989. The first-order valence-electron chi connectivity index (χ1n) is 2.93. The van der Waals surface area contributed by atoms with E-state index in [-0.39, 0.29) is 0 Å². The Hall–Kier alpha value is -0.900. The Balaban J connectivity index is 2.14. The maximum absolute atomic E-state index is 4.98. The smallest absolute Gasteiger partial charge is 0.221 e. The molecule has 0 spiro atoms. The third-order valence-corrected chi connectivity index (χ3v) is 1.51. The van der Waals surface area contributed by atoms with E-state index in [0.29, 0.717) is 5.92 Å². The number of rotatable bonds is 1. The van der Waals surface area contributed by atoms with Crippen LogP contribution in [0.25, 0.3) is 0 Å². The summed E-state index contributed by atoms with van der Waals surface area (Å²) in [6.45, 7) is 1.95. The molecule has 0 aromatic carbocycles. The molecule has 0 atom stereocenters. The molecule has 0 aliphatic carbocycles. The first kappa shape index (κ1) is 4.93. The zero-order valence-electron chi connectivity index (χ0n) is 4.87. The monoisotopic (exact) mass is 125 g/mol. The molecule has 1 N–H and O–H groups in total. The van der Waals surface area contributed by atoms with Crippen molar-refractivity contribution in [1.82, 2.24) is 15.5 Å². The van der Waals surface area contributed by atoms with E-state index in [9.17, 15) is 0 Å². The molecule has 0 amide bonds. The first-order valence-corrected chi connectivity index (χ1v) is 2.93. The Morgan fingerprint density at radius 2 is 2.56 bits per heavy atom. The predicted molar refractivity (Wildman–Crippen MR) is 29.9 cm³/mol. The van der Waals surface area contributed by atoms with Crippen LogP contribution in [0.3, 0.4) is 0 Å². The number of nitrogens with one attached hydrogen (secondary N) is 1. The first-order chi connectivity index (χ1) is 4.47. The molecule has 1 aliphatic rings. The van der Waals surface area contributed by atoms with Crippen LogP contribution in [-0.2, 0) is 0 Å². The lowest BCUT2D eigenvalue weighted by molar-refractivity contribution is 0.357. The maximum Gasteiger partial charge on any atom is 0.221 e. The Labute approximate surface area is 52.3 Å². The highest BCUT2D eigenvalue weighted by Crippen LogP contribution is 2.15. The molecule has 4 nitrogen and oxygen atoms in total. The summed E-state index contributed by atoms with van der Waals surface area (Å²) >= 11 is 0. The standard InChI is InChI=1S/C5H7N3O/c1-4(2-6-1)5-8-7-3-9-5/h3-4,6H,1-2H2. The normalized spacial score (nSPS) is 19.6. The second kappa shape index (κ2) is 1.80. The van der Waals surface area contributed by atoms with Crippen LogP contribution in [0.5, 0.6) is 0 Å². The molecule has 1 saturated heterocycles. The van der Waals surface area contributed by atoms with Crippen molar-refractivity contribution in [1.29, 1.82) is 0 Å². The van der Waals surface area contributed by atoms with Gasteiger partial charge in [-0.3, -0.25) is 0 Å². The number of nitrogens with zero attached hydrogens (tertiary/aromatic N) is 2. The fourth-order valence-corrected chi connectivity index (χ4v) is 0.823. The molecule has 2 heterocycles. The minimum absolute atomic E-state index is 0.465. The summed E-state index contributed by atoms with van der Waals surface area (Å²) < 4.78 is 4.98. The minimum atomic E-state index is 0.465. The summed E-state index contributed by atoms with van der Waals surface area (Å²) in [5.41, 5.74) is 0. The van der Waals surface area contributed by atoms with E-state index in [1.54, 1.807) is 0 Å². The molecule has 2 rings (SSSR count). The van der Waals surface area contributed by atoms with Crippen molar-refractivity contribution in [3.05, 3.63) is 12.3 Å². The van der Waals surface area contributed by atoms with Crippen molar-refractivity contribution >= 4 is 0 Å². The van der Waals surface area contributed by atoms with Crippen molar-refractivity contribution in [3.8, 4) is 0 Å². The third kappa shape index (κ3) is 0.712. The zero-order valence-corrected chi connectivity index (χ0v) is 4.87. The van der Waals surface area contributed by atoms with E-state index in [1.807, 2.05) is 0 Å². The van der Waals surface area contributed by atoms with E-state index in [2.05, 4.69) is 15.5 Å². The van der Waals surface area contributed by atoms with Crippen LogP contribution < -0.4 is 5.32 Å². The topological polar surface area (TPSA) is 51.0 Å². The Morgan fingerprint density at radius 1 is 1.67 bits per heavy atom. The lowest BCUT2D eigenvalue weighted by Crippen LogP contribution is -2.40. The molecular formula is C5H7N3O. The van der Waals surface area contributed by atoms with Crippen molar-refractivity contribution < 1.29 is 4.42 Å². The van der Waals surface area contributed by atoms with Gasteiger partial charge in [0.05, 0.1) is 5.92 Å². The second-order valence-corrected chi connectivity index (χ2v) is 2.13. The van der Waals surface area contributed by atoms with Crippen LogP contribution in [0.2, 0.25) is 0 Å². The van der Waals surface area contributed by atoms with Gasteiger partial charge in [-0.25, -0.2) is 0 Å². The predicted octanol–water partition coefficient (Wildman–Crippen LogP) is -0.244. The van der Waals surface area contributed by atoms with Gasteiger partial charge in [-0.1, -0.05) is 0 Å². The molecular weight excluding hydrogens is 118 g/mol. The van der Waals surface area contributed by atoms with Gasteiger partial charge in [-0.15, -0.1) is 10.2 Å². The second-order valence-electron chi connectivity index (χ2n) is 2.13. The summed E-state index contributed by atoms with van der Waals surface area (Å²) in [5, 5.41) is 10.5. The summed E-state index contributed by atoms with van der Waals surface area (Å²) in [4.78, 5) is 0. The fourth-order valence-electron chi connectivity index (χ4n) is 0.823. The third-order valence-electron chi connectivity index (χ3n) is 1.51. The van der Waals surface area contributed by atoms with E-state index in [1.165, 1.54) is 6.39 Å². The summed E-state index contributed by atoms with van der Waals surface area (Å²) in [5.74, 6) is 1.22. The van der Waals surface area contributed by atoms with Crippen molar-refractivity contribution in [2.24, 2.45) is 0 Å². The van der Waals surface area contributed by atoms with Gasteiger partial charge in [0.15, 0.2) is 0 Å². The average molecular weight is 125 g/mol. The van der Waals surface area contributed by atoms with Crippen LogP contribution in [0.1, 0.15) is 11.8 Å². The largest absolute Gasteiger partial charge is 0.428 e. The Bertz CT molecular complexity index is 180. The van der Waals surface area contributed by atoms with Gasteiger partial charge in [-0.2, -0.15) is 0 Å². The van der Waals surface area contributed by atoms with Crippen LogP contribution in [0.4, 0.5) is 0 Å². The average Bonchev–Trinajstić information content (AvgIpc) is 2.11. The molecule has 4 heteroatoms. The van der Waals surface area contributed by atoms with Gasteiger partial charge in [0.25, 0.3) is 0 Å². The van der Waals surface area contributed by atoms with Gasteiger partial charge in [0.2, 0.25) is 12.3 Å². The van der Waals surface area contributed by atoms with Crippen molar-refractivity contribution in [2.75, 3.05) is 13.1 Å². The molecule has 0 radical (unpaired) electrons. The Morgan fingerprint density at radius 3 is 3.00 bits per heavy atom. The van der Waals surface area contributed by atoms with Crippen molar-refractivity contribution in [3.63, 3.8) is 0 Å². The van der Waals surface area contributed by atoms with E-state index >= 15 is 0 Å². The summed E-state index contributed by atoms with van der Waals surface area (Å²) in [7, 11) is 0. The molecule has 0 unspecified atom stereocenters. The highest BCUT2D eigenvalue weighted by Gasteiger charge is 2.22. The number of aromatic nitrogens is 2. The highest BCUT2D eigenvalue weighted by molar-refractivity contribution is 4.97. The van der Waals surface area contributed by atoms with Gasteiger partial charge in [-0.05, 0) is 0 Å². The number of hydrogen-bond acceptors (Lipinski definition) is 4. The van der Waals surface area contributed by atoms with Crippen LogP contribution in [-0.4, -0.2) is 23.3 Å². The highest BCUT2D eigenvalue weighted by atomic mass is 16.4. The molecule has 1 aromatic rings. The van der Waals surface area contributed by atoms with Crippen LogP contribution in [0.15, 0.2) is 10.8 Å².